The van der Waals surface area contributed by atoms with E-state index in [-0.39, 0.29) is 5.92 Å². The highest BCUT2D eigenvalue weighted by molar-refractivity contribution is 5.69. The van der Waals surface area contributed by atoms with Gasteiger partial charge in [-0.25, -0.2) is 0 Å². The van der Waals surface area contributed by atoms with E-state index in [0.29, 0.717) is 6.42 Å². The molecule has 0 aliphatic rings. The number of hydrogen-bond acceptors (Lipinski definition) is 2. The summed E-state index contributed by atoms with van der Waals surface area (Å²) in [5.41, 5.74) is 0. The van der Waals surface area contributed by atoms with E-state index in [2.05, 4.69) is 55.5 Å². The molecule has 4 heteroatoms. The predicted octanol–water partition coefficient (Wildman–Crippen LogP) is 10.6. The zero-order valence-corrected chi connectivity index (χ0v) is 24.5. The Morgan fingerprint density at radius 1 is 0.526 bits per heavy atom. The molecule has 1 atom stereocenters. The highest BCUT2D eigenvalue weighted by atomic mass is 16.4. The SMILES string of the molecule is CCC=CCC=CCC=CCCCCCCC(CCCCCCC=CCCCCCCCC(=O)O)C(=O)O. The van der Waals surface area contributed by atoms with Crippen molar-refractivity contribution in [1.29, 1.82) is 0 Å². The molecule has 0 spiro atoms. The summed E-state index contributed by atoms with van der Waals surface area (Å²) in [5, 5.41) is 18.2. The monoisotopic (exact) mass is 530 g/mol. The Morgan fingerprint density at radius 2 is 0.921 bits per heavy atom. The molecule has 0 fully saturated rings. The minimum Gasteiger partial charge on any atom is -0.481 e. The molecule has 218 valence electrons. The number of carboxylic acid groups (broad SMARTS) is 2. The fourth-order valence-corrected chi connectivity index (χ4v) is 4.54. The highest BCUT2D eigenvalue weighted by Crippen LogP contribution is 2.19. The lowest BCUT2D eigenvalue weighted by atomic mass is 9.94. The fraction of sp³-hybridized carbons (Fsp3) is 0.706. The Balaban J connectivity index is 3.57. The van der Waals surface area contributed by atoms with Gasteiger partial charge in [0.25, 0.3) is 0 Å². The molecule has 0 saturated heterocycles. The molecular weight excluding hydrogens is 472 g/mol. The zero-order valence-electron chi connectivity index (χ0n) is 24.5. The number of unbranched alkanes of at least 4 members (excludes halogenated alkanes) is 13. The lowest BCUT2D eigenvalue weighted by molar-refractivity contribution is -0.142. The lowest BCUT2D eigenvalue weighted by Crippen LogP contribution is -2.13. The molecular formula is C34H58O4. The van der Waals surface area contributed by atoms with Crippen molar-refractivity contribution in [3.8, 4) is 0 Å². The molecule has 0 heterocycles. The molecule has 0 aromatic heterocycles. The Morgan fingerprint density at radius 3 is 1.39 bits per heavy atom. The maximum atomic E-state index is 11.6. The van der Waals surface area contributed by atoms with Crippen molar-refractivity contribution in [3.63, 3.8) is 0 Å². The van der Waals surface area contributed by atoms with Gasteiger partial charge in [-0.15, -0.1) is 0 Å². The summed E-state index contributed by atoms with van der Waals surface area (Å²) in [6.07, 6.45) is 40.8. The Bertz CT molecular complexity index is 659. The van der Waals surface area contributed by atoms with Gasteiger partial charge in [-0.3, -0.25) is 9.59 Å². The third-order valence-electron chi connectivity index (χ3n) is 6.90. The topological polar surface area (TPSA) is 74.6 Å². The predicted molar refractivity (Wildman–Crippen MR) is 163 cm³/mol. The van der Waals surface area contributed by atoms with Gasteiger partial charge in [-0.05, 0) is 77.0 Å². The summed E-state index contributed by atoms with van der Waals surface area (Å²) in [6, 6.07) is 0. The van der Waals surface area contributed by atoms with Gasteiger partial charge in [-0.2, -0.15) is 0 Å². The Kier molecular flexibility index (Phi) is 27.8. The van der Waals surface area contributed by atoms with Crippen LogP contribution in [0.1, 0.15) is 148 Å². The van der Waals surface area contributed by atoms with E-state index in [4.69, 9.17) is 5.11 Å². The van der Waals surface area contributed by atoms with Crippen molar-refractivity contribution in [2.24, 2.45) is 5.92 Å². The molecule has 0 bridgehead atoms. The standard InChI is InChI=1S/C34H58O4/c1-2-3-4-5-6-7-8-9-11-14-17-20-23-26-29-32(34(37)38)30-27-24-21-18-15-12-10-13-16-19-22-25-28-31-33(35)36/h3-4,6-7,9-12,32H,2,5,8,13-31H2,1H3,(H,35,36)(H,37,38). The molecule has 0 aromatic carbocycles. The second-order valence-corrected chi connectivity index (χ2v) is 10.5. The first kappa shape index (κ1) is 35.9. The van der Waals surface area contributed by atoms with Crippen molar-refractivity contribution in [1.82, 2.24) is 0 Å². The van der Waals surface area contributed by atoms with Crippen molar-refractivity contribution < 1.29 is 19.8 Å². The van der Waals surface area contributed by atoms with E-state index in [1.54, 1.807) is 0 Å². The normalized spacial score (nSPS) is 13.0. The molecule has 0 radical (unpaired) electrons. The number of aliphatic carboxylic acids is 2. The van der Waals surface area contributed by atoms with E-state index in [9.17, 15) is 14.7 Å². The molecule has 4 nitrogen and oxygen atoms in total. The summed E-state index contributed by atoms with van der Waals surface area (Å²) < 4.78 is 0. The van der Waals surface area contributed by atoms with Crippen LogP contribution in [0.25, 0.3) is 0 Å². The smallest absolute Gasteiger partial charge is 0.306 e. The maximum absolute atomic E-state index is 11.6. The molecule has 0 rings (SSSR count). The van der Waals surface area contributed by atoms with Crippen molar-refractivity contribution >= 4 is 11.9 Å². The minimum absolute atomic E-state index is 0.169. The fourth-order valence-electron chi connectivity index (χ4n) is 4.54. The van der Waals surface area contributed by atoms with Gasteiger partial charge in [0.1, 0.15) is 0 Å². The number of carbonyl (C=O) groups is 2. The largest absolute Gasteiger partial charge is 0.481 e. The van der Waals surface area contributed by atoms with Gasteiger partial charge in [0.15, 0.2) is 0 Å². The van der Waals surface area contributed by atoms with Crippen LogP contribution in [0.5, 0.6) is 0 Å². The quantitative estimate of drug-likeness (QED) is 0.0779. The van der Waals surface area contributed by atoms with Gasteiger partial charge in [-0.1, -0.05) is 113 Å². The molecule has 38 heavy (non-hydrogen) atoms. The van der Waals surface area contributed by atoms with Crippen LogP contribution >= 0.6 is 0 Å². The van der Waals surface area contributed by atoms with Crippen molar-refractivity contribution in [3.05, 3.63) is 48.6 Å². The van der Waals surface area contributed by atoms with Gasteiger partial charge in [0.05, 0.1) is 5.92 Å². The molecule has 0 aromatic rings. The third kappa shape index (κ3) is 28.5. The third-order valence-corrected chi connectivity index (χ3v) is 6.90. The molecule has 2 N–H and O–H groups in total. The van der Waals surface area contributed by atoms with Crippen LogP contribution in [-0.2, 0) is 9.59 Å². The van der Waals surface area contributed by atoms with Crippen LogP contribution in [0.2, 0.25) is 0 Å². The van der Waals surface area contributed by atoms with Gasteiger partial charge >= 0.3 is 11.9 Å². The first-order valence-corrected chi connectivity index (χ1v) is 15.6. The maximum Gasteiger partial charge on any atom is 0.306 e. The number of carboxylic acids is 2. The van der Waals surface area contributed by atoms with Crippen LogP contribution in [-0.4, -0.2) is 22.2 Å². The van der Waals surface area contributed by atoms with Crippen LogP contribution in [0.3, 0.4) is 0 Å². The summed E-state index contributed by atoms with van der Waals surface area (Å²) >= 11 is 0. The second-order valence-electron chi connectivity index (χ2n) is 10.5. The molecule has 0 aliphatic heterocycles. The number of allylic oxidation sites excluding steroid dienone is 8. The highest BCUT2D eigenvalue weighted by Gasteiger charge is 2.16. The summed E-state index contributed by atoms with van der Waals surface area (Å²) in [4.78, 5) is 22.1. The van der Waals surface area contributed by atoms with Crippen molar-refractivity contribution in [2.45, 2.75) is 148 Å². The number of hydrogen-bond donors (Lipinski definition) is 2. The second kappa shape index (κ2) is 29.5. The molecule has 1 unspecified atom stereocenters. The lowest BCUT2D eigenvalue weighted by Gasteiger charge is -2.12. The Hall–Kier alpha value is -2.10. The molecule has 0 amide bonds. The average Bonchev–Trinajstić information content (AvgIpc) is 2.89. The van der Waals surface area contributed by atoms with Crippen LogP contribution in [0, 0.1) is 5.92 Å². The summed E-state index contributed by atoms with van der Waals surface area (Å²) in [6.45, 7) is 2.15. The zero-order chi connectivity index (χ0) is 27.9. The van der Waals surface area contributed by atoms with Gasteiger partial charge < -0.3 is 10.2 Å². The summed E-state index contributed by atoms with van der Waals surface area (Å²) in [5.74, 6) is -1.47. The first-order valence-electron chi connectivity index (χ1n) is 15.6. The van der Waals surface area contributed by atoms with Crippen LogP contribution < -0.4 is 0 Å². The average molecular weight is 531 g/mol. The molecule has 0 saturated carbocycles. The Labute approximate surface area is 234 Å². The van der Waals surface area contributed by atoms with E-state index < -0.39 is 11.9 Å². The van der Waals surface area contributed by atoms with E-state index >= 15 is 0 Å². The van der Waals surface area contributed by atoms with E-state index in [1.807, 2.05) is 0 Å². The minimum atomic E-state index is -0.689. The van der Waals surface area contributed by atoms with Crippen LogP contribution in [0.15, 0.2) is 48.6 Å². The number of rotatable bonds is 28. The van der Waals surface area contributed by atoms with Crippen LogP contribution in [0.4, 0.5) is 0 Å². The first-order chi connectivity index (χ1) is 18.6. The van der Waals surface area contributed by atoms with Gasteiger partial charge in [0, 0.05) is 6.42 Å². The van der Waals surface area contributed by atoms with Crippen molar-refractivity contribution in [2.75, 3.05) is 0 Å². The van der Waals surface area contributed by atoms with E-state index in [1.165, 1.54) is 38.5 Å². The van der Waals surface area contributed by atoms with E-state index in [0.717, 1.165) is 96.3 Å². The molecule has 0 aliphatic carbocycles. The summed E-state index contributed by atoms with van der Waals surface area (Å²) in [7, 11) is 0. The van der Waals surface area contributed by atoms with Gasteiger partial charge in [0.2, 0.25) is 0 Å².